The van der Waals surface area contributed by atoms with Gasteiger partial charge in [0.1, 0.15) is 0 Å². The monoisotopic (exact) mass is 243 g/mol. The van der Waals surface area contributed by atoms with Crippen LogP contribution in [0.15, 0.2) is 0 Å². The molecule has 17 heavy (non-hydrogen) atoms. The summed E-state index contributed by atoms with van der Waals surface area (Å²) in [6.07, 6.45) is 1.02. The highest BCUT2D eigenvalue weighted by Gasteiger charge is 2.29. The smallest absolute Gasteiger partial charge is 0.317 e. The Morgan fingerprint density at radius 2 is 2.12 bits per heavy atom. The largest absolute Gasteiger partial charge is 0.481 e. The molecule has 3 amide bonds. The lowest BCUT2D eigenvalue weighted by atomic mass is 10.1. The SMILES string of the molecule is NC(=O)C1CCN(C(=O)NCCCC(=O)O)C1. The van der Waals surface area contributed by atoms with Gasteiger partial charge in [0.25, 0.3) is 0 Å². The maximum Gasteiger partial charge on any atom is 0.317 e. The second-order valence-corrected chi connectivity index (χ2v) is 4.06. The first kappa shape index (κ1) is 13.3. The van der Waals surface area contributed by atoms with E-state index in [1.165, 1.54) is 4.90 Å². The zero-order valence-corrected chi connectivity index (χ0v) is 9.52. The van der Waals surface area contributed by atoms with Crippen LogP contribution < -0.4 is 11.1 Å². The lowest BCUT2D eigenvalue weighted by Gasteiger charge is -2.16. The van der Waals surface area contributed by atoms with Crippen LogP contribution in [-0.4, -0.2) is 47.5 Å². The number of amides is 3. The lowest BCUT2D eigenvalue weighted by Crippen LogP contribution is -2.39. The summed E-state index contributed by atoms with van der Waals surface area (Å²) in [5, 5.41) is 11.0. The molecule has 0 aromatic carbocycles. The van der Waals surface area contributed by atoms with Crippen LogP contribution in [0.4, 0.5) is 4.79 Å². The third kappa shape index (κ3) is 4.29. The highest BCUT2D eigenvalue weighted by Crippen LogP contribution is 2.15. The number of likely N-dealkylation sites (tertiary alicyclic amines) is 1. The molecule has 96 valence electrons. The van der Waals surface area contributed by atoms with Crippen LogP contribution in [0.5, 0.6) is 0 Å². The number of nitrogens with two attached hydrogens (primary N) is 1. The molecule has 1 aliphatic heterocycles. The van der Waals surface area contributed by atoms with E-state index in [0.29, 0.717) is 32.5 Å². The Hall–Kier alpha value is -1.79. The van der Waals surface area contributed by atoms with Gasteiger partial charge >= 0.3 is 12.0 Å². The van der Waals surface area contributed by atoms with E-state index in [9.17, 15) is 14.4 Å². The summed E-state index contributed by atoms with van der Waals surface area (Å²) in [6, 6.07) is -0.265. The predicted octanol–water partition coefficient (Wildman–Crippen LogP) is -0.632. The van der Waals surface area contributed by atoms with E-state index in [2.05, 4.69) is 5.32 Å². The number of aliphatic carboxylic acids is 1. The van der Waals surface area contributed by atoms with Gasteiger partial charge in [-0.15, -0.1) is 0 Å². The number of hydrogen-bond acceptors (Lipinski definition) is 3. The molecule has 0 bridgehead atoms. The van der Waals surface area contributed by atoms with Crippen LogP contribution >= 0.6 is 0 Å². The van der Waals surface area contributed by atoms with E-state index >= 15 is 0 Å². The first-order chi connectivity index (χ1) is 8.00. The summed E-state index contributed by atoms with van der Waals surface area (Å²) < 4.78 is 0. The number of carboxylic acid groups (broad SMARTS) is 1. The van der Waals surface area contributed by atoms with Gasteiger partial charge in [0.15, 0.2) is 0 Å². The van der Waals surface area contributed by atoms with Gasteiger partial charge < -0.3 is 21.1 Å². The summed E-state index contributed by atoms with van der Waals surface area (Å²) in [5.74, 6) is -1.53. The number of primary amides is 1. The van der Waals surface area contributed by atoms with Gasteiger partial charge in [0.05, 0.1) is 5.92 Å². The Morgan fingerprint density at radius 3 is 2.65 bits per heavy atom. The summed E-state index contributed by atoms with van der Waals surface area (Å²) in [6.45, 7) is 1.18. The van der Waals surface area contributed by atoms with Crippen LogP contribution in [0.1, 0.15) is 19.3 Å². The molecule has 0 radical (unpaired) electrons. The molecule has 0 aromatic rings. The molecule has 1 unspecified atom stereocenters. The van der Waals surface area contributed by atoms with Crippen molar-refractivity contribution in [1.29, 1.82) is 0 Å². The molecule has 1 heterocycles. The molecular formula is C10H17N3O4. The maximum absolute atomic E-state index is 11.6. The summed E-state index contributed by atoms with van der Waals surface area (Å²) in [7, 11) is 0. The Morgan fingerprint density at radius 1 is 1.41 bits per heavy atom. The van der Waals surface area contributed by atoms with Gasteiger partial charge in [-0.05, 0) is 12.8 Å². The van der Waals surface area contributed by atoms with E-state index in [-0.39, 0.29) is 24.3 Å². The first-order valence-electron chi connectivity index (χ1n) is 5.54. The van der Waals surface area contributed by atoms with Crippen LogP contribution in [-0.2, 0) is 9.59 Å². The molecule has 7 nitrogen and oxygen atoms in total. The number of carbonyl (C=O) groups is 3. The van der Waals surface area contributed by atoms with Gasteiger partial charge in [-0.3, -0.25) is 9.59 Å². The van der Waals surface area contributed by atoms with Gasteiger partial charge in [-0.25, -0.2) is 4.79 Å². The van der Waals surface area contributed by atoms with Gasteiger partial charge in [-0.1, -0.05) is 0 Å². The number of rotatable bonds is 5. The Labute approximate surface area is 98.9 Å². The van der Waals surface area contributed by atoms with E-state index in [1.807, 2.05) is 0 Å². The predicted molar refractivity (Wildman–Crippen MR) is 59.1 cm³/mol. The van der Waals surface area contributed by atoms with Gasteiger partial charge in [0.2, 0.25) is 5.91 Å². The Kier molecular flexibility index (Phi) is 4.74. The summed E-state index contributed by atoms with van der Waals surface area (Å²) in [4.78, 5) is 34.2. The minimum atomic E-state index is -0.880. The van der Waals surface area contributed by atoms with Crippen molar-refractivity contribution in [3.05, 3.63) is 0 Å². The van der Waals surface area contributed by atoms with Crippen LogP contribution in [0.2, 0.25) is 0 Å². The molecule has 0 aromatic heterocycles. The molecule has 1 atom stereocenters. The van der Waals surface area contributed by atoms with Gasteiger partial charge in [-0.2, -0.15) is 0 Å². The van der Waals surface area contributed by atoms with Crippen LogP contribution in [0.25, 0.3) is 0 Å². The summed E-state index contributed by atoms with van der Waals surface area (Å²) in [5.41, 5.74) is 5.15. The highest BCUT2D eigenvalue weighted by atomic mass is 16.4. The minimum absolute atomic E-state index is 0.0319. The van der Waals surface area contributed by atoms with Crippen molar-refractivity contribution in [3.63, 3.8) is 0 Å². The summed E-state index contributed by atoms with van der Waals surface area (Å²) >= 11 is 0. The molecule has 1 rings (SSSR count). The van der Waals surface area contributed by atoms with Crippen molar-refractivity contribution < 1.29 is 19.5 Å². The van der Waals surface area contributed by atoms with E-state index < -0.39 is 5.97 Å². The van der Waals surface area contributed by atoms with Crippen molar-refractivity contribution in [2.75, 3.05) is 19.6 Å². The highest BCUT2D eigenvalue weighted by molar-refractivity contribution is 5.80. The molecule has 1 aliphatic rings. The minimum Gasteiger partial charge on any atom is -0.481 e. The molecule has 7 heteroatoms. The number of hydrogen-bond donors (Lipinski definition) is 3. The zero-order chi connectivity index (χ0) is 12.8. The fraction of sp³-hybridized carbons (Fsp3) is 0.700. The number of urea groups is 1. The van der Waals surface area contributed by atoms with E-state index in [0.717, 1.165) is 0 Å². The fourth-order valence-corrected chi connectivity index (χ4v) is 1.72. The first-order valence-corrected chi connectivity index (χ1v) is 5.54. The molecule has 1 fully saturated rings. The second kappa shape index (κ2) is 6.07. The topological polar surface area (TPSA) is 113 Å². The lowest BCUT2D eigenvalue weighted by molar-refractivity contribution is -0.137. The van der Waals surface area contributed by atoms with E-state index in [4.69, 9.17) is 10.8 Å². The molecule has 1 saturated heterocycles. The molecule has 0 spiro atoms. The van der Waals surface area contributed by atoms with Crippen molar-refractivity contribution in [2.24, 2.45) is 11.7 Å². The maximum atomic E-state index is 11.6. The number of nitrogens with zero attached hydrogens (tertiary/aromatic N) is 1. The molecular weight excluding hydrogens is 226 g/mol. The molecule has 0 saturated carbocycles. The average molecular weight is 243 g/mol. The fourth-order valence-electron chi connectivity index (χ4n) is 1.72. The average Bonchev–Trinajstić information content (AvgIpc) is 2.73. The van der Waals surface area contributed by atoms with Gasteiger partial charge in [0, 0.05) is 26.1 Å². The number of nitrogens with one attached hydrogen (secondary N) is 1. The number of carboxylic acids is 1. The molecule has 0 aliphatic carbocycles. The van der Waals surface area contributed by atoms with Crippen molar-refractivity contribution in [1.82, 2.24) is 10.2 Å². The zero-order valence-electron chi connectivity index (χ0n) is 9.52. The quantitative estimate of drug-likeness (QED) is 0.558. The van der Waals surface area contributed by atoms with Crippen LogP contribution in [0.3, 0.4) is 0 Å². The standard InChI is InChI=1S/C10H17N3O4/c11-9(16)7-3-5-13(6-7)10(17)12-4-1-2-8(14)15/h7H,1-6H2,(H2,11,16)(H,12,17)(H,14,15). The van der Waals surface area contributed by atoms with Crippen molar-refractivity contribution in [3.8, 4) is 0 Å². The third-order valence-electron chi connectivity index (χ3n) is 2.72. The van der Waals surface area contributed by atoms with Crippen LogP contribution in [0, 0.1) is 5.92 Å². The van der Waals surface area contributed by atoms with Crippen molar-refractivity contribution in [2.45, 2.75) is 19.3 Å². The Balaban J connectivity index is 2.21. The second-order valence-electron chi connectivity index (χ2n) is 4.06. The number of carbonyl (C=O) groups excluding carboxylic acids is 2. The molecule has 4 N–H and O–H groups in total. The Bertz CT molecular complexity index is 319. The van der Waals surface area contributed by atoms with Crippen molar-refractivity contribution >= 4 is 17.9 Å². The normalized spacial score (nSPS) is 19.1. The van der Waals surface area contributed by atoms with E-state index in [1.54, 1.807) is 0 Å². The third-order valence-corrected chi connectivity index (χ3v) is 2.72.